The summed E-state index contributed by atoms with van der Waals surface area (Å²) in [4.78, 5) is 21.6. The van der Waals surface area contributed by atoms with Crippen LogP contribution in [0.15, 0.2) is 54.9 Å². The Morgan fingerprint density at radius 2 is 2.00 bits per heavy atom. The largest absolute Gasteiger partial charge is 0.507 e. The summed E-state index contributed by atoms with van der Waals surface area (Å²) in [6, 6.07) is 11.8. The molecule has 2 bridgehead atoms. The summed E-state index contributed by atoms with van der Waals surface area (Å²) in [6.45, 7) is 6.17. The topological polar surface area (TPSA) is 56.7 Å². The Bertz CT molecular complexity index is 860. The number of benzene rings is 1. The number of para-hydroxylation sites is 1. The van der Waals surface area contributed by atoms with Crippen molar-refractivity contribution in [3.05, 3.63) is 66.0 Å². The number of ketones is 1. The van der Waals surface area contributed by atoms with Gasteiger partial charge in [0.05, 0.1) is 5.56 Å². The molecule has 1 aromatic carbocycles. The van der Waals surface area contributed by atoms with Gasteiger partial charge in [0.15, 0.2) is 5.78 Å². The summed E-state index contributed by atoms with van der Waals surface area (Å²) >= 11 is 0. The molecular formula is C22H25N3O2. The fraction of sp³-hybridized carbons (Fsp3) is 0.364. The van der Waals surface area contributed by atoms with Gasteiger partial charge in [-0.05, 0) is 36.1 Å². The molecule has 4 rings (SSSR count). The second-order valence-corrected chi connectivity index (χ2v) is 7.69. The molecule has 5 heteroatoms. The first kappa shape index (κ1) is 17.6. The Hall–Kier alpha value is -2.82. The number of pyridine rings is 1. The number of carbonyl (C=O) groups is 1. The zero-order valence-electron chi connectivity index (χ0n) is 15.7. The molecule has 1 unspecified atom stereocenters. The summed E-state index contributed by atoms with van der Waals surface area (Å²) in [7, 11) is 0. The molecule has 140 valence electrons. The summed E-state index contributed by atoms with van der Waals surface area (Å²) in [5.74, 6) is 1.39. The van der Waals surface area contributed by atoms with Crippen molar-refractivity contribution in [2.75, 3.05) is 18.0 Å². The molecule has 2 aliphatic rings. The van der Waals surface area contributed by atoms with Crippen molar-refractivity contribution in [3.63, 3.8) is 0 Å². The van der Waals surface area contributed by atoms with E-state index in [9.17, 15) is 9.90 Å². The first-order valence-electron chi connectivity index (χ1n) is 9.52. The molecule has 2 saturated heterocycles. The number of aromatic hydroxyl groups is 1. The second-order valence-electron chi connectivity index (χ2n) is 7.69. The van der Waals surface area contributed by atoms with Crippen LogP contribution in [0.3, 0.4) is 0 Å². The minimum Gasteiger partial charge on any atom is -0.507 e. The van der Waals surface area contributed by atoms with E-state index in [4.69, 9.17) is 0 Å². The predicted octanol–water partition coefficient (Wildman–Crippen LogP) is 3.57. The summed E-state index contributed by atoms with van der Waals surface area (Å²) in [5, 5.41) is 9.81. The maximum absolute atomic E-state index is 12.3. The normalized spacial score (nSPS) is 21.6. The number of anilines is 1. The Balaban J connectivity index is 1.40. The Kier molecular flexibility index (Phi) is 4.60. The lowest BCUT2D eigenvalue weighted by atomic mass is 10.1. The molecule has 0 spiro atoms. The first-order chi connectivity index (χ1) is 13.0. The number of nitrogens with zero attached hydrogens (tertiary/aromatic N) is 3. The number of phenols is 1. The zero-order chi connectivity index (χ0) is 19.0. The highest BCUT2D eigenvalue weighted by Crippen LogP contribution is 2.34. The molecule has 5 nitrogen and oxygen atoms in total. The SMILES string of the molecule is CC(C)c1ccc(N2C[C@H]3CC2CN3/C=C/C(=O)c2ccccc2O)nc1. The van der Waals surface area contributed by atoms with Gasteiger partial charge in [0.2, 0.25) is 0 Å². The van der Waals surface area contributed by atoms with Gasteiger partial charge in [-0.1, -0.05) is 32.0 Å². The number of hydrogen-bond donors (Lipinski definition) is 1. The highest BCUT2D eigenvalue weighted by molar-refractivity contribution is 6.06. The van der Waals surface area contributed by atoms with Gasteiger partial charge in [-0.2, -0.15) is 0 Å². The highest BCUT2D eigenvalue weighted by atomic mass is 16.3. The predicted molar refractivity (Wildman–Crippen MR) is 106 cm³/mol. The number of hydrogen-bond acceptors (Lipinski definition) is 5. The summed E-state index contributed by atoms with van der Waals surface area (Å²) in [5.41, 5.74) is 1.60. The van der Waals surface area contributed by atoms with E-state index in [1.807, 2.05) is 12.4 Å². The Labute approximate surface area is 159 Å². The van der Waals surface area contributed by atoms with E-state index in [1.165, 1.54) is 11.6 Å². The van der Waals surface area contributed by atoms with Gasteiger partial charge < -0.3 is 14.9 Å². The lowest BCUT2D eigenvalue weighted by molar-refractivity contribution is 0.104. The quantitative estimate of drug-likeness (QED) is 0.650. The molecule has 3 heterocycles. The number of aromatic nitrogens is 1. The lowest BCUT2D eigenvalue weighted by Gasteiger charge is -2.34. The van der Waals surface area contributed by atoms with Gasteiger partial charge in [-0.15, -0.1) is 0 Å². The van der Waals surface area contributed by atoms with E-state index in [1.54, 1.807) is 24.3 Å². The van der Waals surface area contributed by atoms with Gasteiger partial charge in [-0.3, -0.25) is 4.79 Å². The number of carbonyl (C=O) groups excluding carboxylic acids is 1. The molecule has 0 radical (unpaired) electrons. The monoisotopic (exact) mass is 363 g/mol. The third-order valence-electron chi connectivity index (χ3n) is 5.60. The fourth-order valence-electron chi connectivity index (χ4n) is 4.01. The van der Waals surface area contributed by atoms with Crippen LogP contribution in [0.1, 0.15) is 42.1 Å². The van der Waals surface area contributed by atoms with Gasteiger partial charge in [0, 0.05) is 43.6 Å². The second kappa shape index (κ2) is 7.06. The van der Waals surface area contributed by atoms with Crippen LogP contribution in [-0.4, -0.2) is 45.9 Å². The van der Waals surface area contributed by atoms with Crippen LogP contribution in [0.5, 0.6) is 5.75 Å². The molecule has 2 aromatic rings. The standard InChI is InChI=1S/C22H25N3O2/c1-15(2)16-7-8-22(23-12-16)25-14-17-11-18(25)13-24(17)10-9-21(27)19-5-3-4-6-20(19)26/h3-10,12,15,17-18,26H,11,13-14H2,1-2H3/b10-9+/t17-,18?/m1/s1. The maximum Gasteiger partial charge on any atom is 0.190 e. The minimum atomic E-state index is -0.168. The van der Waals surface area contributed by atoms with Crippen LogP contribution < -0.4 is 4.90 Å². The Morgan fingerprint density at radius 3 is 2.63 bits per heavy atom. The fourth-order valence-corrected chi connectivity index (χ4v) is 4.01. The molecule has 1 aromatic heterocycles. The van der Waals surface area contributed by atoms with E-state index >= 15 is 0 Å². The average molecular weight is 363 g/mol. The van der Waals surface area contributed by atoms with Crippen LogP contribution in [0.2, 0.25) is 0 Å². The van der Waals surface area contributed by atoms with Crippen LogP contribution in [0.25, 0.3) is 0 Å². The van der Waals surface area contributed by atoms with Crippen LogP contribution in [-0.2, 0) is 0 Å². The highest BCUT2D eigenvalue weighted by Gasteiger charge is 2.42. The molecule has 1 N–H and O–H groups in total. The van der Waals surface area contributed by atoms with Crippen molar-refractivity contribution in [2.24, 2.45) is 0 Å². The van der Waals surface area contributed by atoms with Gasteiger partial charge >= 0.3 is 0 Å². The average Bonchev–Trinajstić information content (AvgIpc) is 3.27. The first-order valence-corrected chi connectivity index (χ1v) is 9.52. The van der Waals surface area contributed by atoms with E-state index < -0.39 is 0 Å². The van der Waals surface area contributed by atoms with E-state index in [-0.39, 0.29) is 11.5 Å². The number of allylic oxidation sites excluding steroid dienone is 1. The minimum absolute atomic E-state index is 0.0252. The van der Waals surface area contributed by atoms with Crippen molar-refractivity contribution in [1.82, 2.24) is 9.88 Å². The van der Waals surface area contributed by atoms with E-state index in [2.05, 4.69) is 40.8 Å². The van der Waals surface area contributed by atoms with Gasteiger partial charge in [0.25, 0.3) is 0 Å². The van der Waals surface area contributed by atoms with E-state index in [0.29, 0.717) is 23.6 Å². The van der Waals surface area contributed by atoms with Crippen LogP contribution in [0, 0.1) is 0 Å². The third kappa shape index (κ3) is 3.42. The molecule has 2 aliphatic heterocycles. The molecule has 0 aliphatic carbocycles. The lowest BCUT2D eigenvalue weighted by Crippen LogP contribution is -2.44. The van der Waals surface area contributed by atoms with Gasteiger partial charge in [0.1, 0.15) is 11.6 Å². The molecule has 2 atom stereocenters. The number of phenolic OH excluding ortho intramolecular Hbond substituents is 1. The molecule has 27 heavy (non-hydrogen) atoms. The van der Waals surface area contributed by atoms with Crippen molar-refractivity contribution in [3.8, 4) is 5.75 Å². The molecule has 0 saturated carbocycles. The summed E-state index contributed by atoms with van der Waals surface area (Å²) in [6.07, 6.45) is 6.51. The van der Waals surface area contributed by atoms with Crippen molar-refractivity contribution >= 4 is 11.6 Å². The maximum atomic E-state index is 12.3. The number of likely N-dealkylation sites (tertiary alicyclic amines) is 1. The smallest absolute Gasteiger partial charge is 0.190 e. The van der Waals surface area contributed by atoms with Crippen LogP contribution >= 0.6 is 0 Å². The van der Waals surface area contributed by atoms with Gasteiger partial charge in [-0.25, -0.2) is 4.98 Å². The molecule has 0 amide bonds. The third-order valence-corrected chi connectivity index (χ3v) is 5.60. The van der Waals surface area contributed by atoms with E-state index in [0.717, 1.165) is 25.3 Å². The number of rotatable bonds is 5. The number of fused-ring (bicyclic) bond motifs is 2. The van der Waals surface area contributed by atoms with Crippen LogP contribution in [0.4, 0.5) is 5.82 Å². The van der Waals surface area contributed by atoms with Crippen molar-refractivity contribution in [2.45, 2.75) is 38.3 Å². The van der Waals surface area contributed by atoms with Crippen molar-refractivity contribution < 1.29 is 9.90 Å². The number of piperazine rings is 1. The van der Waals surface area contributed by atoms with Crippen molar-refractivity contribution in [1.29, 1.82) is 0 Å². The summed E-state index contributed by atoms with van der Waals surface area (Å²) < 4.78 is 0. The Morgan fingerprint density at radius 1 is 1.19 bits per heavy atom. The molecular weight excluding hydrogens is 338 g/mol. The zero-order valence-corrected chi connectivity index (χ0v) is 15.7. The molecule has 2 fully saturated rings.